The average Bonchev–Trinajstić information content (AvgIpc) is 2.64. The molecule has 0 N–H and O–H groups in total. The van der Waals surface area contributed by atoms with Gasteiger partial charge in [-0.3, -0.25) is 9.59 Å². The summed E-state index contributed by atoms with van der Waals surface area (Å²) < 4.78 is 5.53. The molecule has 4 heteroatoms. The molecule has 0 spiro atoms. The van der Waals surface area contributed by atoms with E-state index in [1.807, 2.05) is 0 Å². The van der Waals surface area contributed by atoms with E-state index >= 15 is 0 Å². The van der Waals surface area contributed by atoms with Crippen LogP contribution in [0.1, 0.15) is 12.8 Å². The molecule has 3 heterocycles. The van der Waals surface area contributed by atoms with Gasteiger partial charge in [0, 0.05) is 0 Å². The Morgan fingerprint density at radius 3 is 2.08 bits per heavy atom. The molecule has 2 bridgehead atoms. The third kappa shape index (κ3) is 0.677. The topological polar surface area (TPSA) is 43.4 Å². The minimum atomic E-state index is -0.0961. The Balaban J connectivity index is 2.03. The highest BCUT2D eigenvalue weighted by Crippen LogP contribution is 2.51. The number of hydrogen-bond donors (Lipinski definition) is 0. The molecule has 0 aromatic rings. The van der Waals surface area contributed by atoms with Crippen LogP contribution in [0.5, 0.6) is 0 Å². The van der Waals surface area contributed by atoms with E-state index in [1.54, 1.807) is 0 Å². The van der Waals surface area contributed by atoms with Gasteiger partial charge >= 0.3 is 0 Å². The molecule has 0 aliphatic carbocycles. The maximum atomic E-state index is 11.3. The molecule has 0 aromatic heterocycles. The van der Waals surface area contributed by atoms with Crippen molar-refractivity contribution in [2.45, 2.75) is 25.0 Å². The summed E-state index contributed by atoms with van der Waals surface area (Å²) in [7, 11) is 0. The van der Waals surface area contributed by atoms with Gasteiger partial charge in [-0.05, 0) is 24.6 Å². The molecule has 0 aromatic carbocycles. The highest BCUT2D eigenvalue weighted by Gasteiger charge is 2.59. The summed E-state index contributed by atoms with van der Waals surface area (Å²) in [6.07, 6.45) is 2.05. The molecule has 0 saturated carbocycles. The van der Waals surface area contributed by atoms with Crippen LogP contribution in [0.25, 0.3) is 0 Å². The minimum Gasteiger partial charge on any atom is -0.373 e. The number of rotatable bonds is 0. The highest BCUT2D eigenvalue weighted by molar-refractivity contribution is 8.26. The van der Waals surface area contributed by atoms with Crippen LogP contribution in [0.3, 0.4) is 0 Å². The number of ether oxygens (including phenoxy) is 1. The van der Waals surface area contributed by atoms with Gasteiger partial charge in [0.2, 0.25) is 10.2 Å². The summed E-state index contributed by atoms with van der Waals surface area (Å²) in [6.45, 7) is 0. The van der Waals surface area contributed by atoms with Gasteiger partial charge in [-0.25, -0.2) is 0 Å². The van der Waals surface area contributed by atoms with Crippen molar-refractivity contribution in [3.63, 3.8) is 0 Å². The molecular formula is C8H8O3S. The van der Waals surface area contributed by atoms with Crippen molar-refractivity contribution in [1.29, 1.82) is 0 Å². The molecule has 64 valence electrons. The SMILES string of the molecule is O=C1SC(=O)[C@H]2[C@@H]1[C@@H]1CC[C@@H]2O1. The van der Waals surface area contributed by atoms with Gasteiger partial charge in [0.05, 0.1) is 24.0 Å². The van der Waals surface area contributed by atoms with Crippen LogP contribution in [0.2, 0.25) is 0 Å². The van der Waals surface area contributed by atoms with Crippen molar-refractivity contribution in [1.82, 2.24) is 0 Å². The lowest BCUT2D eigenvalue weighted by Crippen LogP contribution is -2.29. The molecular weight excluding hydrogens is 176 g/mol. The summed E-state index contributed by atoms with van der Waals surface area (Å²) in [6, 6.07) is 0. The van der Waals surface area contributed by atoms with Crippen molar-refractivity contribution in [3.8, 4) is 0 Å². The van der Waals surface area contributed by atoms with Crippen molar-refractivity contribution >= 4 is 22.0 Å². The first-order chi connectivity index (χ1) is 5.77. The van der Waals surface area contributed by atoms with Crippen LogP contribution in [-0.2, 0) is 14.3 Å². The van der Waals surface area contributed by atoms with E-state index in [2.05, 4.69) is 0 Å². The van der Waals surface area contributed by atoms with E-state index < -0.39 is 0 Å². The third-order valence-electron chi connectivity index (χ3n) is 3.02. The van der Waals surface area contributed by atoms with Gasteiger partial charge in [0.15, 0.2) is 0 Å². The van der Waals surface area contributed by atoms with Crippen LogP contribution in [0, 0.1) is 11.8 Å². The molecule has 0 unspecified atom stereocenters. The number of fused-ring (bicyclic) bond motifs is 5. The smallest absolute Gasteiger partial charge is 0.202 e. The fraction of sp³-hybridized carbons (Fsp3) is 0.750. The first-order valence-corrected chi connectivity index (χ1v) is 5.00. The molecule has 0 radical (unpaired) electrons. The largest absolute Gasteiger partial charge is 0.373 e. The fourth-order valence-corrected chi connectivity index (χ4v) is 3.58. The quantitative estimate of drug-likeness (QED) is 0.552. The first kappa shape index (κ1) is 7.09. The van der Waals surface area contributed by atoms with E-state index in [-0.39, 0.29) is 34.3 Å². The van der Waals surface area contributed by atoms with E-state index in [4.69, 9.17) is 4.74 Å². The summed E-state index contributed by atoms with van der Waals surface area (Å²) in [5.74, 6) is -0.192. The van der Waals surface area contributed by atoms with Gasteiger partial charge in [-0.1, -0.05) is 0 Å². The normalized spacial score (nSPS) is 50.3. The summed E-state index contributed by atoms with van der Waals surface area (Å²) in [4.78, 5) is 22.6. The van der Waals surface area contributed by atoms with E-state index in [1.165, 1.54) is 0 Å². The molecule has 3 fully saturated rings. The van der Waals surface area contributed by atoms with Crippen molar-refractivity contribution in [2.24, 2.45) is 11.8 Å². The number of carbonyl (C=O) groups excluding carboxylic acids is 2. The molecule has 3 aliphatic rings. The monoisotopic (exact) mass is 184 g/mol. The summed E-state index contributed by atoms with van der Waals surface area (Å²) in [5, 5.41) is 0.0781. The maximum Gasteiger partial charge on any atom is 0.202 e. The van der Waals surface area contributed by atoms with Crippen LogP contribution in [-0.4, -0.2) is 22.4 Å². The summed E-state index contributed by atoms with van der Waals surface area (Å²) >= 11 is 0.902. The Labute approximate surface area is 73.8 Å². The zero-order chi connectivity index (χ0) is 8.29. The van der Waals surface area contributed by atoms with Crippen molar-refractivity contribution in [3.05, 3.63) is 0 Å². The molecule has 3 saturated heterocycles. The van der Waals surface area contributed by atoms with Crippen LogP contribution >= 0.6 is 11.8 Å². The first-order valence-electron chi connectivity index (χ1n) is 4.18. The molecule has 4 atom stereocenters. The van der Waals surface area contributed by atoms with Crippen molar-refractivity contribution < 1.29 is 14.3 Å². The molecule has 0 amide bonds. The van der Waals surface area contributed by atoms with E-state index in [9.17, 15) is 9.59 Å². The highest BCUT2D eigenvalue weighted by atomic mass is 32.2. The zero-order valence-electron chi connectivity index (χ0n) is 6.36. The summed E-state index contributed by atoms with van der Waals surface area (Å²) in [5.41, 5.74) is 0. The van der Waals surface area contributed by atoms with Gasteiger partial charge in [0.1, 0.15) is 0 Å². The maximum absolute atomic E-state index is 11.3. The molecule has 3 nitrogen and oxygen atoms in total. The standard InChI is InChI=1S/C8H8O3S/c9-7-5-3-1-2-4(11-3)6(5)8(10)12-7/h3-6H,1-2H2/t3-,4-,5-,6+/m0/s1. The second-order valence-electron chi connectivity index (χ2n) is 3.58. The Morgan fingerprint density at radius 1 is 1.08 bits per heavy atom. The number of hydrogen-bond acceptors (Lipinski definition) is 4. The van der Waals surface area contributed by atoms with E-state index in [0.29, 0.717) is 0 Å². The lowest BCUT2D eigenvalue weighted by molar-refractivity contribution is -0.119. The van der Waals surface area contributed by atoms with Crippen LogP contribution in [0.4, 0.5) is 0 Å². The van der Waals surface area contributed by atoms with Crippen molar-refractivity contribution in [2.75, 3.05) is 0 Å². The Bertz CT molecular complexity index is 249. The second kappa shape index (κ2) is 2.12. The van der Waals surface area contributed by atoms with E-state index in [0.717, 1.165) is 24.6 Å². The lowest BCUT2D eigenvalue weighted by Gasteiger charge is -2.15. The minimum absolute atomic E-state index is 0.0391. The van der Waals surface area contributed by atoms with Crippen LogP contribution < -0.4 is 0 Å². The average molecular weight is 184 g/mol. The molecule has 12 heavy (non-hydrogen) atoms. The van der Waals surface area contributed by atoms with Gasteiger partial charge in [-0.2, -0.15) is 0 Å². The number of carbonyl (C=O) groups is 2. The third-order valence-corrected chi connectivity index (χ3v) is 3.97. The molecule has 3 aliphatic heterocycles. The second-order valence-corrected chi connectivity index (χ2v) is 4.59. The van der Waals surface area contributed by atoms with Gasteiger partial charge in [0.25, 0.3) is 0 Å². The van der Waals surface area contributed by atoms with Gasteiger partial charge in [-0.15, -0.1) is 0 Å². The Kier molecular flexibility index (Phi) is 1.25. The predicted molar refractivity (Wildman–Crippen MR) is 42.5 cm³/mol. The predicted octanol–water partition coefficient (Wildman–Crippen LogP) is 0.580. The number of thioether (sulfide) groups is 1. The zero-order valence-corrected chi connectivity index (χ0v) is 7.17. The fourth-order valence-electron chi connectivity index (χ4n) is 2.51. The van der Waals surface area contributed by atoms with Gasteiger partial charge < -0.3 is 4.74 Å². The Hall–Kier alpha value is -0.350. The Morgan fingerprint density at radius 2 is 1.58 bits per heavy atom. The lowest BCUT2D eigenvalue weighted by atomic mass is 9.81. The molecule has 3 rings (SSSR count). The van der Waals surface area contributed by atoms with Crippen LogP contribution in [0.15, 0.2) is 0 Å².